The van der Waals surface area contributed by atoms with Crippen LogP contribution in [0.4, 0.5) is 0 Å². The third-order valence-electron chi connectivity index (χ3n) is 4.02. The molecule has 1 aliphatic heterocycles. The predicted octanol–water partition coefficient (Wildman–Crippen LogP) is -0.0124. The molecule has 0 radical (unpaired) electrons. The van der Waals surface area contributed by atoms with Crippen LogP contribution in [0.1, 0.15) is 13.0 Å². The van der Waals surface area contributed by atoms with Crippen molar-refractivity contribution in [1.82, 2.24) is 15.0 Å². The molecule has 7 nitrogen and oxygen atoms in total. The highest BCUT2D eigenvalue weighted by molar-refractivity contribution is 5.57. The van der Waals surface area contributed by atoms with E-state index in [4.69, 9.17) is 4.74 Å². The third-order valence-corrected chi connectivity index (χ3v) is 4.02. The largest absolute Gasteiger partial charge is 0.394 e. The minimum Gasteiger partial charge on any atom is -0.394 e. The molecule has 0 aliphatic carbocycles. The topological polar surface area (TPSA) is 101 Å². The number of hydrogen-bond donors (Lipinski definition) is 3. The highest BCUT2D eigenvalue weighted by Gasteiger charge is 2.43. The van der Waals surface area contributed by atoms with Crippen LogP contribution in [-0.4, -0.2) is 61.3 Å². The first-order valence-corrected chi connectivity index (χ1v) is 7.21. The van der Waals surface area contributed by atoms with Crippen molar-refractivity contribution >= 4 is 0 Å². The Kier molecular flexibility index (Phi) is 4.21. The predicted molar refractivity (Wildman–Crippen MR) is 77.9 cm³/mol. The van der Waals surface area contributed by atoms with Crippen molar-refractivity contribution in [2.45, 2.75) is 37.4 Å². The van der Waals surface area contributed by atoms with Crippen LogP contribution in [0, 0.1) is 0 Å². The van der Waals surface area contributed by atoms with E-state index in [0.717, 1.165) is 5.56 Å². The first-order chi connectivity index (χ1) is 10.6. The maximum atomic E-state index is 10.3. The lowest BCUT2D eigenvalue weighted by Crippen LogP contribution is -2.55. The molecule has 0 unspecified atom stereocenters. The van der Waals surface area contributed by atoms with Crippen molar-refractivity contribution < 1.29 is 20.1 Å². The Balaban J connectivity index is 1.86. The minimum atomic E-state index is -1.17. The summed E-state index contributed by atoms with van der Waals surface area (Å²) in [5.74, 6) is 0. The summed E-state index contributed by atoms with van der Waals surface area (Å²) in [7, 11) is 0. The van der Waals surface area contributed by atoms with Crippen LogP contribution >= 0.6 is 0 Å². The van der Waals surface area contributed by atoms with E-state index in [0.29, 0.717) is 5.69 Å². The van der Waals surface area contributed by atoms with Gasteiger partial charge in [0, 0.05) is 5.56 Å². The maximum Gasteiger partial charge on any atom is 0.113 e. The molecular weight excluding hydrogens is 286 g/mol. The van der Waals surface area contributed by atoms with Gasteiger partial charge in [0.05, 0.1) is 18.9 Å². The van der Waals surface area contributed by atoms with Crippen molar-refractivity contribution in [3.8, 4) is 11.3 Å². The zero-order chi connectivity index (χ0) is 15.7. The van der Waals surface area contributed by atoms with Gasteiger partial charge in [0.15, 0.2) is 0 Å². The van der Waals surface area contributed by atoms with E-state index in [1.165, 1.54) is 4.68 Å². The van der Waals surface area contributed by atoms with Crippen molar-refractivity contribution in [2.24, 2.45) is 0 Å². The van der Waals surface area contributed by atoms with E-state index >= 15 is 0 Å². The van der Waals surface area contributed by atoms with E-state index < -0.39 is 30.5 Å². The number of rotatable bonds is 3. The zero-order valence-corrected chi connectivity index (χ0v) is 12.1. The number of aliphatic hydroxyl groups is 3. The summed E-state index contributed by atoms with van der Waals surface area (Å²) in [4.78, 5) is 0. The van der Waals surface area contributed by atoms with Crippen LogP contribution in [0.5, 0.6) is 0 Å². The van der Waals surface area contributed by atoms with Crippen molar-refractivity contribution in [2.75, 3.05) is 6.61 Å². The Hall–Kier alpha value is -1.80. The SMILES string of the molecule is C[C@@H]1O[C@H](CO)[C@H](O)[C@H](O)[C@H]1n1cc(-c2ccccc2)nn1. The molecule has 118 valence electrons. The monoisotopic (exact) mass is 305 g/mol. The quantitative estimate of drug-likeness (QED) is 0.737. The molecule has 1 aliphatic rings. The third kappa shape index (κ3) is 2.64. The average molecular weight is 305 g/mol. The Bertz CT molecular complexity index is 618. The molecule has 0 amide bonds. The molecule has 3 N–H and O–H groups in total. The Morgan fingerprint density at radius 2 is 1.91 bits per heavy atom. The molecule has 22 heavy (non-hydrogen) atoms. The summed E-state index contributed by atoms with van der Waals surface area (Å²) in [5, 5.41) is 37.7. The summed E-state index contributed by atoms with van der Waals surface area (Å²) in [5.41, 5.74) is 1.60. The van der Waals surface area contributed by atoms with Crippen LogP contribution in [0.15, 0.2) is 36.5 Å². The van der Waals surface area contributed by atoms with Crippen molar-refractivity contribution in [1.29, 1.82) is 0 Å². The second-order valence-electron chi connectivity index (χ2n) is 5.48. The van der Waals surface area contributed by atoms with Crippen LogP contribution in [0.25, 0.3) is 11.3 Å². The van der Waals surface area contributed by atoms with Gasteiger partial charge in [-0.25, -0.2) is 4.68 Å². The molecular formula is C15H19N3O4. The first kappa shape index (κ1) is 15.1. The molecule has 0 bridgehead atoms. The van der Waals surface area contributed by atoms with E-state index in [1.807, 2.05) is 30.3 Å². The fourth-order valence-corrected chi connectivity index (χ4v) is 2.82. The van der Waals surface area contributed by atoms with Crippen LogP contribution in [0.2, 0.25) is 0 Å². The van der Waals surface area contributed by atoms with Gasteiger partial charge in [-0.05, 0) is 6.92 Å². The number of aromatic nitrogens is 3. The highest BCUT2D eigenvalue weighted by Crippen LogP contribution is 2.30. The van der Waals surface area contributed by atoms with Gasteiger partial charge in [-0.15, -0.1) is 5.10 Å². The fourth-order valence-electron chi connectivity index (χ4n) is 2.82. The van der Waals surface area contributed by atoms with E-state index in [-0.39, 0.29) is 6.61 Å². The van der Waals surface area contributed by atoms with Crippen LogP contribution < -0.4 is 0 Å². The summed E-state index contributed by atoms with van der Waals surface area (Å²) in [6, 6.07) is 9.00. The lowest BCUT2D eigenvalue weighted by atomic mass is 9.93. The molecule has 5 atom stereocenters. The Morgan fingerprint density at radius 1 is 1.18 bits per heavy atom. The average Bonchev–Trinajstić information content (AvgIpc) is 3.01. The molecule has 1 aromatic carbocycles. The molecule has 2 heterocycles. The number of nitrogens with zero attached hydrogens (tertiary/aromatic N) is 3. The zero-order valence-electron chi connectivity index (χ0n) is 12.1. The van der Waals surface area contributed by atoms with Gasteiger partial charge in [-0.1, -0.05) is 35.5 Å². The van der Waals surface area contributed by atoms with E-state index in [2.05, 4.69) is 10.3 Å². The fraction of sp³-hybridized carbons (Fsp3) is 0.467. The van der Waals surface area contributed by atoms with Gasteiger partial charge < -0.3 is 20.1 Å². The molecule has 0 spiro atoms. The smallest absolute Gasteiger partial charge is 0.113 e. The second kappa shape index (κ2) is 6.13. The summed E-state index contributed by atoms with van der Waals surface area (Å²) in [6.07, 6.45) is -1.75. The molecule has 1 aromatic heterocycles. The van der Waals surface area contributed by atoms with Gasteiger partial charge in [0.1, 0.15) is 30.0 Å². The van der Waals surface area contributed by atoms with E-state index in [1.54, 1.807) is 13.1 Å². The van der Waals surface area contributed by atoms with Crippen molar-refractivity contribution in [3.63, 3.8) is 0 Å². The summed E-state index contributed by atoms with van der Waals surface area (Å²) in [6.45, 7) is 1.42. The lowest BCUT2D eigenvalue weighted by Gasteiger charge is -2.40. The summed E-state index contributed by atoms with van der Waals surface area (Å²) < 4.78 is 7.06. The van der Waals surface area contributed by atoms with Crippen molar-refractivity contribution in [3.05, 3.63) is 36.5 Å². The molecule has 0 saturated carbocycles. The minimum absolute atomic E-state index is 0.345. The van der Waals surface area contributed by atoms with Crippen LogP contribution in [0.3, 0.4) is 0 Å². The normalized spacial score (nSPS) is 32.1. The van der Waals surface area contributed by atoms with Gasteiger partial charge in [-0.2, -0.15) is 0 Å². The second-order valence-corrected chi connectivity index (χ2v) is 5.48. The van der Waals surface area contributed by atoms with E-state index in [9.17, 15) is 15.3 Å². The van der Waals surface area contributed by atoms with Gasteiger partial charge >= 0.3 is 0 Å². The number of benzene rings is 1. The molecule has 1 saturated heterocycles. The maximum absolute atomic E-state index is 10.3. The van der Waals surface area contributed by atoms with Crippen LogP contribution in [-0.2, 0) is 4.74 Å². The Labute approximate surface area is 127 Å². The molecule has 7 heteroatoms. The molecule has 2 aromatic rings. The lowest BCUT2D eigenvalue weighted by molar-refractivity contribution is -0.200. The number of hydrogen-bond acceptors (Lipinski definition) is 6. The molecule has 3 rings (SSSR count). The first-order valence-electron chi connectivity index (χ1n) is 7.21. The standard InChI is InChI=1S/C15H19N3O4/c1-9-13(15(21)14(20)12(8-19)22-9)18-7-11(16-17-18)10-5-3-2-4-6-10/h2-7,9,12-15,19-21H,8H2,1H3/t9-,12+,13-,14-,15+/m0/s1. The Morgan fingerprint density at radius 3 is 2.59 bits per heavy atom. The molecule has 1 fully saturated rings. The number of aliphatic hydroxyl groups excluding tert-OH is 3. The number of ether oxygens (including phenoxy) is 1. The highest BCUT2D eigenvalue weighted by atomic mass is 16.5. The summed E-state index contributed by atoms with van der Waals surface area (Å²) >= 11 is 0. The van der Waals surface area contributed by atoms with Gasteiger partial charge in [0.2, 0.25) is 0 Å². The van der Waals surface area contributed by atoms with Gasteiger partial charge in [0.25, 0.3) is 0 Å². The van der Waals surface area contributed by atoms with Gasteiger partial charge in [-0.3, -0.25) is 0 Å².